The van der Waals surface area contributed by atoms with Crippen LogP contribution >= 0.6 is 0 Å². The van der Waals surface area contributed by atoms with Crippen LogP contribution in [-0.2, 0) is 4.74 Å². The highest BCUT2D eigenvalue weighted by molar-refractivity contribution is 5.93. The molecule has 1 atom stereocenters. The predicted octanol–water partition coefficient (Wildman–Crippen LogP) is 3.15. The van der Waals surface area contributed by atoms with Crippen LogP contribution < -0.4 is 10.1 Å². The van der Waals surface area contributed by atoms with E-state index in [0.29, 0.717) is 25.5 Å². The predicted molar refractivity (Wildman–Crippen MR) is 112 cm³/mol. The number of morpholine rings is 1. The Morgan fingerprint density at radius 1 is 1.13 bits per heavy atom. The first kappa shape index (κ1) is 20.1. The molecule has 3 aromatic rings. The van der Waals surface area contributed by atoms with Gasteiger partial charge < -0.3 is 19.3 Å². The summed E-state index contributed by atoms with van der Waals surface area (Å²) in [5, 5.41) is 6.96. The maximum atomic E-state index is 12.7. The third-order valence-electron chi connectivity index (χ3n) is 5.24. The standard InChI is InChI=1S/C23H25N3O4/c1-28-19-9-7-18(8-10-19)22-15-20(25-30-22)23(27)24-16-21(17-5-3-2-4-6-17)26-11-13-29-14-12-26/h2-10,15,21H,11-14,16H2,1H3,(H,24,27)/t21-/m0/s1. The van der Waals surface area contributed by atoms with Crippen molar-refractivity contribution in [3.05, 3.63) is 71.9 Å². The molecule has 30 heavy (non-hydrogen) atoms. The SMILES string of the molecule is COc1ccc(-c2cc(C(=O)NC[C@@H](c3ccccc3)N3CCOCC3)no2)cc1. The molecule has 0 aliphatic carbocycles. The lowest BCUT2D eigenvalue weighted by Crippen LogP contribution is -2.43. The first-order valence-electron chi connectivity index (χ1n) is 10.0. The summed E-state index contributed by atoms with van der Waals surface area (Å²) in [4.78, 5) is 15.0. The molecule has 1 N–H and O–H groups in total. The van der Waals surface area contributed by atoms with Crippen molar-refractivity contribution in [2.75, 3.05) is 40.0 Å². The second-order valence-corrected chi connectivity index (χ2v) is 7.09. The molecule has 1 aromatic heterocycles. The molecule has 1 fully saturated rings. The van der Waals surface area contributed by atoms with Gasteiger partial charge in [-0.1, -0.05) is 35.5 Å². The summed E-state index contributed by atoms with van der Waals surface area (Å²) in [5.74, 6) is 1.04. The van der Waals surface area contributed by atoms with E-state index in [0.717, 1.165) is 24.4 Å². The fourth-order valence-electron chi connectivity index (χ4n) is 3.58. The summed E-state index contributed by atoms with van der Waals surface area (Å²) in [6.45, 7) is 3.55. The van der Waals surface area contributed by atoms with Crippen LogP contribution in [0.4, 0.5) is 0 Å². The molecule has 1 amide bonds. The number of hydrogen-bond donors (Lipinski definition) is 1. The van der Waals surface area contributed by atoms with Gasteiger partial charge in [-0.25, -0.2) is 0 Å². The molecule has 1 aliphatic rings. The third kappa shape index (κ3) is 4.69. The molecule has 7 nitrogen and oxygen atoms in total. The normalized spacial score (nSPS) is 15.5. The summed E-state index contributed by atoms with van der Waals surface area (Å²) >= 11 is 0. The number of amides is 1. The van der Waals surface area contributed by atoms with Crippen LogP contribution in [-0.4, -0.2) is 55.9 Å². The number of rotatable bonds is 7. The molecule has 0 unspecified atom stereocenters. The summed E-state index contributed by atoms with van der Waals surface area (Å²) in [6.07, 6.45) is 0. The molecule has 4 rings (SSSR count). The van der Waals surface area contributed by atoms with E-state index < -0.39 is 0 Å². The van der Waals surface area contributed by atoms with Gasteiger partial charge in [-0.15, -0.1) is 0 Å². The minimum atomic E-state index is -0.257. The molecule has 0 radical (unpaired) electrons. The zero-order chi connectivity index (χ0) is 20.8. The molecule has 7 heteroatoms. The number of carbonyl (C=O) groups is 1. The fraction of sp³-hybridized carbons (Fsp3) is 0.304. The van der Waals surface area contributed by atoms with Crippen LogP contribution in [0.2, 0.25) is 0 Å². The van der Waals surface area contributed by atoms with Crippen molar-refractivity contribution < 1.29 is 18.8 Å². The Labute approximate surface area is 175 Å². The van der Waals surface area contributed by atoms with Gasteiger partial charge in [0.25, 0.3) is 5.91 Å². The highest BCUT2D eigenvalue weighted by atomic mass is 16.5. The van der Waals surface area contributed by atoms with Crippen molar-refractivity contribution in [2.24, 2.45) is 0 Å². The van der Waals surface area contributed by atoms with E-state index in [1.165, 1.54) is 5.56 Å². The van der Waals surface area contributed by atoms with E-state index in [2.05, 4.69) is 27.5 Å². The van der Waals surface area contributed by atoms with Crippen LogP contribution in [0.3, 0.4) is 0 Å². The van der Waals surface area contributed by atoms with Gasteiger partial charge in [0.2, 0.25) is 0 Å². The van der Waals surface area contributed by atoms with Crippen LogP contribution in [0, 0.1) is 0 Å². The van der Waals surface area contributed by atoms with Gasteiger partial charge >= 0.3 is 0 Å². The van der Waals surface area contributed by atoms with Crippen LogP contribution in [0.15, 0.2) is 65.2 Å². The van der Waals surface area contributed by atoms with Crippen molar-refractivity contribution in [1.82, 2.24) is 15.4 Å². The number of hydrogen-bond acceptors (Lipinski definition) is 6. The summed E-state index contributed by atoms with van der Waals surface area (Å²) < 4.78 is 16.0. The Bertz CT molecular complexity index is 950. The van der Waals surface area contributed by atoms with Crippen LogP contribution in [0.5, 0.6) is 5.75 Å². The van der Waals surface area contributed by atoms with E-state index in [1.54, 1.807) is 13.2 Å². The highest BCUT2D eigenvalue weighted by Gasteiger charge is 2.24. The topological polar surface area (TPSA) is 76.8 Å². The van der Waals surface area contributed by atoms with Gasteiger partial charge in [0.1, 0.15) is 5.75 Å². The number of carbonyl (C=O) groups excluding carboxylic acids is 1. The van der Waals surface area contributed by atoms with E-state index in [4.69, 9.17) is 14.0 Å². The molecule has 1 aliphatic heterocycles. The van der Waals surface area contributed by atoms with Gasteiger partial charge in [0, 0.05) is 31.3 Å². The second-order valence-electron chi connectivity index (χ2n) is 7.09. The Kier molecular flexibility index (Phi) is 6.41. The van der Waals surface area contributed by atoms with E-state index >= 15 is 0 Å². The lowest BCUT2D eigenvalue weighted by molar-refractivity contribution is 0.0162. The molecule has 0 saturated carbocycles. The van der Waals surface area contributed by atoms with Gasteiger partial charge in [-0.05, 0) is 29.8 Å². The average Bonchev–Trinajstić information content (AvgIpc) is 3.31. The number of aromatic nitrogens is 1. The monoisotopic (exact) mass is 407 g/mol. The minimum Gasteiger partial charge on any atom is -0.497 e. The fourth-order valence-corrected chi connectivity index (χ4v) is 3.58. The number of ether oxygens (including phenoxy) is 2. The minimum absolute atomic E-state index is 0.0759. The molecular weight excluding hydrogens is 382 g/mol. The zero-order valence-electron chi connectivity index (χ0n) is 16.9. The number of nitrogens with one attached hydrogen (secondary N) is 1. The summed E-state index contributed by atoms with van der Waals surface area (Å²) in [7, 11) is 1.62. The maximum absolute atomic E-state index is 12.7. The molecular formula is C23H25N3O4. The van der Waals surface area contributed by atoms with Crippen molar-refractivity contribution in [1.29, 1.82) is 0 Å². The van der Waals surface area contributed by atoms with Gasteiger partial charge in [-0.2, -0.15) is 0 Å². The van der Waals surface area contributed by atoms with Crippen molar-refractivity contribution >= 4 is 5.91 Å². The lowest BCUT2D eigenvalue weighted by atomic mass is 10.0. The number of benzene rings is 2. The first-order valence-corrected chi connectivity index (χ1v) is 10.0. The third-order valence-corrected chi connectivity index (χ3v) is 5.24. The lowest BCUT2D eigenvalue weighted by Gasteiger charge is -2.34. The smallest absolute Gasteiger partial charge is 0.273 e. The molecule has 0 bridgehead atoms. The van der Waals surface area contributed by atoms with E-state index in [9.17, 15) is 4.79 Å². The highest BCUT2D eigenvalue weighted by Crippen LogP contribution is 2.24. The van der Waals surface area contributed by atoms with Gasteiger partial charge in [0.05, 0.1) is 26.4 Å². The quantitative estimate of drug-likeness (QED) is 0.648. The average molecular weight is 407 g/mol. The Hall–Kier alpha value is -3.16. The number of nitrogens with zero attached hydrogens (tertiary/aromatic N) is 2. The maximum Gasteiger partial charge on any atom is 0.273 e. The van der Waals surface area contributed by atoms with Crippen LogP contribution in [0.25, 0.3) is 11.3 Å². The molecule has 156 valence electrons. The molecule has 0 spiro atoms. The Balaban J connectivity index is 1.43. The Morgan fingerprint density at radius 3 is 2.57 bits per heavy atom. The molecule has 2 aromatic carbocycles. The van der Waals surface area contributed by atoms with Crippen molar-refractivity contribution in [3.8, 4) is 17.1 Å². The first-order chi connectivity index (χ1) is 14.7. The Morgan fingerprint density at radius 2 is 1.87 bits per heavy atom. The zero-order valence-corrected chi connectivity index (χ0v) is 16.9. The number of methoxy groups -OCH3 is 1. The van der Waals surface area contributed by atoms with E-state index in [1.807, 2.05) is 42.5 Å². The van der Waals surface area contributed by atoms with Crippen LogP contribution in [0.1, 0.15) is 22.1 Å². The van der Waals surface area contributed by atoms with E-state index in [-0.39, 0.29) is 17.6 Å². The molecule has 2 heterocycles. The molecule has 1 saturated heterocycles. The van der Waals surface area contributed by atoms with Gasteiger partial charge in [0.15, 0.2) is 11.5 Å². The van der Waals surface area contributed by atoms with Crippen molar-refractivity contribution in [3.63, 3.8) is 0 Å². The summed E-state index contributed by atoms with van der Waals surface area (Å²) in [6, 6.07) is 19.3. The van der Waals surface area contributed by atoms with Gasteiger partial charge in [-0.3, -0.25) is 9.69 Å². The second kappa shape index (κ2) is 9.56. The summed E-state index contributed by atoms with van der Waals surface area (Å²) in [5.41, 5.74) is 2.26. The van der Waals surface area contributed by atoms with Crippen molar-refractivity contribution in [2.45, 2.75) is 6.04 Å². The largest absolute Gasteiger partial charge is 0.497 e.